The van der Waals surface area contributed by atoms with E-state index in [0.717, 1.165) is 29.5 Å². The highest BCUT2D eigenvalue weighted by Gasteiger charge is 2.03. The molecule has 0 aliphatic rings. The van der Waals surface area contributed by atoms with E-state index in [1.54, 1.807) is 11.3 Å². The van der Waals surface area contributed by atoms with Crippen LogP contribution in [0.25, 0.3) is 10.6 Å². The van der Waals surface area contributed by atoms with Crippen LogP contribution < -0.4 is 5.32 Å². The first-order valence-corrected chi connectivity index (χ1v) is 7.01. The van der Waals surface area contributed by atoms with Gasteiger partial charge in [-0.3, -0.25) is 0 Å². The fraction of sp³-hybridized carbons (Fsp3) is 0.357. The van der Waals surface area contributed by atoms with E-state index in [9.17, 15) is 0 Å². The minimum absolute atomic E-state index is 0.315. The number of hydrogen-bond donors (Lipinski definition) is 1. The van der Waals surface area contributed by atoms with Crippen molar-refractivity contribution in [1.82, 2.24) is 4.98 Å². The second-order valence-electron chi connectivity index (χ2n) is 4.12. The molecule has 0 fully saturated rings. The minimum Gasteiger partial charge on any atom is -0.380 e. The summed E-state index contributed by atoms with van der Waals surface area (Å²) in [5.74, 6) is 0. The van der Waals surface area contributed by atoms with Gasteiger partial charge in [-0.1, -0.05) is 0 Å². The molecule has 1 atom stereocenters. The molecule has 1 aromatic carbocycles. The molecule has 0 amide bonds. The number of benzene rings is 1. The highest BCUT2D eigenvalue weighted by Crippen LogP contribution is 2.23. The molecule has 2 aromatic rings. The molecule has 2 rings (SSSR count). The molecule has 1 N–H and O–H groups in total. The van der Waals surface area contributed by atoms with Crippen LogP contribution in [0.5, 0.6) is 0 Å². The van der Waals surface area contributed by atoms with Crippen LogP contribution in [0.4, 0.5) is 5.69 Å². The number of rotatable bonds is 6. The Morgan fingerprint density at radius 3 is 2.72 bits per heavy atom. The molecule has 4 heteroatoms. The van der Waals surface area contributed by atoms with Crippen molar-refractivity contribution in [2.45, 2.75) is 19.9 Å². The van der Waals surface area contributed by atoms with E-state index >= 15 is 0 Å². The molecule has 1 heterocycles. The highest BCUT2D eigenvalue weighted by atomic mass is 32.1. The van der Waals surface area contributed by atoms with Gasteiger partial charge in [0.05, 0.1) is 6.61 Å². The predicted octanol–water partition coefficient (Wildman–Crippen LogP) is 3.65. The van der Waals surface area contributed by atoms with Crippen LogP contribution >= 0.6 is 11.3 Å². The van der Waals surface area contributed by atoms with E-state index in [4.69, 9.17) is 4.74 Å². The van der Waals surface area contributed by atoms with Gasteiger partial charge in [0.2, 0.25) is 0 Å². The largest absolute Gasteiger partial charge is 0.380 e. The average Bonchev–Trinajstić information content (AvgIpc) is 2.91. The Labute approximate surface area is 112 Å². The summed E-state index contributed by atoms with van der Waals surface area (Å²) in [6.45, 7) is 5.61. The smallest absolute Gasteiger partial charge is 0.123 e. The second kappa shape index (κ2) is 6.52. The van der Waals surface area contributed by atoms with Crippen LogP contribution in [0, 0.1) is 0 Å². The maximum absolute atomic E-state index is 5.38. The molecule has 96 valence electrons. The maximum Gasteiger partial charge on any atom is 0.123 e. The lowest BCUT2D eigenvalue weighted by molar-refractivity contribution is 0.141. The van der Waals surface area contributed by atoms with E-state index < -0.39 is 0 Å². The lowest BCUT2D eigenvalue weighted by Gasteiger charge is -2.15. The minimum atomic E-state index is 0.315. The van der Waals surface area contributed by atoms with Gasteiger partial charge >= 0.3 is 0 Å². The molecule has 18 heavy (non-hydrogen) atoms. The second-order valence-corrected chi connectivity index (χ2v) is 5.01. The molecule has 0 bridgehead atoms. The van der Waals surface area contributed by atoms with Crippen LogP contribution in [0.3, 0.4) is 0 Å². The molecular formula is C14H18N2OS. The molecule has 0 saturated heterocycles. The molecule has 0 saturated carbocycles. The SMILES string of the molecule is CCOC[C@@H](C)Nc1ccc(-c2nccs2)cc1. The molecule has 3 nitrogen and oxygen atoms in total. The summed E-state index contributed by atoms with van der Waals surface area (Å²) in [5.41, 5.74) is 2.27. The summed E-state index contributed by atoms with van der Waals surface area (Å²) >= 11 is 1.66. The van der Waals surface area contributed by atoms with Crippen molar-refractivity contribution in [3.8, 4) is 10.6 Å². The van der Waals surface area contributed by atoms with Crippen molar-refractivity contribution in [3.63, 3.8) is 0 Å². The molecule has 0 aliphatic carbocycles. The van der Waals surface area contributed by atoms with Gasteiger partial charge < -0.3 is 10.1 Å². The first kappa shape index (κ1) is 13.1. The highest BCUT2D eigenvalue weighted by molar-refractivity contribution is 7.13. The van der Waals surface area contributed by atoms with Gasteiger partial charge in [-0.05, 0) is 38.1 Å². The Balaban J connectivity index is 1.95. The summed E-state index contributed by atoms with van der Waals surface area (Å²) in [4.78, 5) is 4.30. The Morgan fingerprint density at radius 1 is 1.33 bits per heavy atom. The van der Waals surface area contributed by atoms with E-state index in [-0.39, 0.29) is 0 Å². The van der Waals surface area contributed by atoms with Crippen LogP contribution in [-0.4, -0.2) is 24.2 Å². The van der Waals surface area contributed by atoms with Crippen molar-refractivity contribution < 1.29 is 4.74 Å². The molecule has 0 unspecified atom stereocenters. The van der Waals surface area contributed by atoms with Gasteiger partial charge in [-0.15, -0.1) is 11.3 Å². The average molecular weight is 262 g/mol. The number of thiazole rings is 1. The maximum atomic E-state index is 5.38. The summed E-state index contributed by atoms with van der Waals surface area (Å²) in [7, 11) is 0. The molecule has 1 aromatic heterocycles. The van der Waals surface area contributed by atoms with Crippen molar-refractivity contribution >= 4 is 17.0 Å². The van der Waals surface area contributed by atoms with Crippen molar-refractivity contribution in [2.75, 3.05) is 18.5 Å². The Kier molecular flexibility index (Phi) is 4.73. The van der Waals surface area contributed by atoms with Crippen LogP contribution in [-0.2, 0) is 4.74 Å². The van der Waals surface area contributed by atoms with Crippen LogP contribution in [0.1, 0.15) is 13.8 Å². The zero-order valence-electron chi connectivity index (χ0n) is 10.7. The van der Waals surface area contributed by atoms with Crippen LogP contribution in [0.2, 0.25) is 0 Å². The Hall–Kier alpha value is -1.39. The van der Waals surface area contributed by atoms with Crippen molar-refractivity contribution in [1.29, 1.82) is 0 Å². The quantitative estimate of drug-likeness (QED) is 0.863. The fourth-order valence-corrected chi connectivity index (χ4v) is 2.34. The number of hydrogen-bond acceptors (Lipinski definition) is 4. The third kappa shape index (κ3) is 3.55. The number of nitrogens with zero attached hydrogens (tertiary/aromatic N) is 1. The monoisotopic (exact) mass is 262 g/mol. The zero-order chi connectivity index (χ0) is 12.8. The Bertz CT molecular complexity index is 453. The van der Waals surface area contributed by atoms with Gasteiger partial charge in [-0.2, -0.15) is 0 Å². The lowest BCUT2D eigenvalue weighted by atomic mass is 10.2. The summed E-state index contributed by atoms with van der Waals surface area (Å²) in [5, 5.41) is 6.46. The Morgan fingerprint density at radius 2 is 2.11 bits per heavy atom. The number of anilines is 1. The van der Waals surface area contributed by atoms with E-state index in [0.29, 0.717) is 6.04 Å². The van der Waals surface area contributed by atoms with Gasteiger partial charge in [0, 0.05) is 35.5 Å². The van der Waals surface area contributed by atoms with E-state index in [1.807, 2.05) is 18.5 Å². The number of aromatic nitrogens is 1. The predicted molar refractivity (Wildman–Crippen MR) is 77.1 cm³/mol. The van der Waals surface area contributed by atoms with Gasteiger partial charge in [-0.25, -0.2) is 4.98 Å². The third-order valence-corrected chi connectivity index (χ3v) is 3.37. The normalized spacial score (nSPS) is 12.3. The lowest BCUT2D eigenvalue weighted by Crippen LogP contribution is -2.21. The molecule has 0 spiro atoms. The van der Waals surface area contributed by atoms with Gasteiger partial charge in [0.25, 0.3) is 0 Å². The zero-order valence-corrected chi connectivity index (χ0v) is 11.5. The first-order valence-electron chi connectivity index (χ1n) is 6.14. The summed E-state index contributed by atoms with van der Waals surface area (Å²) in [6, 6.07) is 8.66. The van der Waals surface area contributed by atoms with E-state index in [1.165, 1.54) is 0 Å². The van der Waals surface area contributed by atoms with E-state index in [2.05, 4.69) is 41.5 Å². The van der Waals surface area contributed by atoms with Crippen LogP contribution in [0.15, 0.2) is 35.8 Å². The first-order chi connectivity index (χ1) is 8.79. The molecule has 0 aliphatic heterocycles. The van der Waals surface area contributed by atoms with Gasteiger partial charge in [0.15, 0.2) is 0 Å². The van der Waals surface area contributed by atoms with Crippen molar-refractivity contribution in [2.24, 2.45) is 0 Å². The number of ether oxygens (including phenoxy) is 1. The molecule has 0 radical (unpaired) electrons. The standard InChI is InChI=1S/C14H18N2OS/c1-3-17-10-11(2)16-13-6-4-12(5-7-13)14-15-8-9-18-14/h4-9,11,16H,3,10H2,1-2H3/t11-/m1/s1. The summed E-state index contributed by atoms with van der Waals surface area (Å²) < 4.78 is 5.38. The third-order valence-electron chi connectivity index (χ3n) is 2.55. The summed E-state index contributed by atoms with van der Waals surface area (Å²) in [6.07, 6.45) is 1.83. The topological polar surface area (TPSA) is 34.1 Å². The van der Waals surface area contributed by atoms with Crippen molar-refractivity contribution in [3.05, 3.63) is 35.8 Å². The molecular weight excluding hydrogens is 244 g/mol. The van der Waals surface area contributed by atoms with Gasteiger partial charge in [0.1, 0.15) is 5.01 Å². The fourth-order valence-electron chi connectivity index (χ4n) is 1.70. The number of nitrogens with one attached hydrogen (secondary N) is 1.